The molecule has 2 rings (SSSR count). The van der Waals surface area contributed by atoms with Gasteiger partial charge in [-0.25, -0.2) is 13.2 Å². The summed E-state index contributed by atoms with van der Waals surface area (Å²) in [7, 11) is 1.80. The van der Waals surface area contributed by atoms with Crippen molar-refractivity contribution in [2.75, 3.05) is 31.2 Å². The lowest BCUT2D eigenvalue weighted by atomic mass is 9.98. The summed E-state index contributed by atoms with van der Waals surface area (Å²) in [5.41, 5.74) is 4.62. The molecular formula is C28H34F3N5O2S. The Morgan fingerprint density at radius 1 is 1.26 bits per heavy atom. The van der Waals surface area contributed by atoms with Crippen LogP contribution in [-0.4, -0.2) is 43.3 Å². The Morgan fingerprint density at radius 3 is 2.56 bits per heavy atom. The molecule has 39 heavy (non-hydrogen) atoms. The first kappa shape index (κ1) is 31.8. The van der Waals surface area contributed by atoms with E-state index in [1.807, 2.05) is 0 Å². The fourth-order valence-electron chi connectivity index (χ4n) is 3.77. The zero-order valence-corrected chi connectivity index (χ0v) is 23.0. The highest BCUT2D eigenvalue weighted by Crippen LogP contribution is 2.37. The fraction of sp³-hybridized carbons (Fsp3) is 0.357. The van der Waals surface area contributed by atoms with E-state index in [0.29, 0.717) is 24.9 Å². The van der Waals surface area contributed by atoms with Crippen LogP contribution in [0.2, 0.25) is 0 Å². The number of aliphatic hydroxyl groups is 1. The summed E-state index contributed by atoms with van der Waals surface area (Å²) in [5.74, 6) is -3.23. The number of nitrogens with one attached hydrogen (secondary N) is 3. The number of allylic oxidation sites excluding steroid dienone is 2. The van der Waals surface area contributed by atoms with Gasteiger partial charge in [0.2, 0.25) is 6.41 Å². The van der Waals surface area contributed by atoms with Crippen LogP contribution in [0.4, 0.5) is 24.5 Å². The molecule has 0 aromatic heterocycles. The van der Waals surface area contributed by atoms with Gasteiger partial charge >= 0.3 is 0 Å². The number of thiol groups is 1. The van der Waals surface area contributed by atoms with Crippen molar-refractivity contribution in [2.24, 2.45) is 0 Å². The maximum Gasteiger partial charge on any atom is 0.207 e. The van der Waals surface area contributed by atoms with Gasteiger partial charge < -0.3 is 26.8 Å². The van der Waals surface area contributed by atoms with Gasteiger partial charge in [-0.3, -0.25) is 4.79 Å². The number of nitrogens with two attached hydrogens (primary N) is 1. The maximum atomic E-state index is 15.3. The minimum Gasteiger partial charge on any atom is -0.397 e. The average Bonchev–Trinajstić information content (AvgIpc) is 2.88. The Morgan fingerprint density at radius 2 is 1.97 bits per heavy atom. The number of halogens is 3. The molecule has 11 heteroatoms. The summed E-state index contributed by atoms with van der Waals surface area (Å²) in [4.78, 5) is 10.4. The molecule has 210 valence electrons. The standard InChI is InChI=1S/C28H34F3N5O2S/c1-28(2,38)15-36-26-23(33)13-21(24(30)25(26)31)27(39)20(17-9-10-18(14-32)22(29)12-17)8-4-6-19(34-3)7-5-11-35-16-37/h4,8-10,12-13,16,19,34,36,38-39H,5-7,11,15,33H2,1-3H3,(H,35,37)/b8-4+,27-20+. The Hall–Kier alpha value is -3.46. The number of carbonyl (C=O) groups excluding carboxylic acids is 1. The van der Waals surface area contributed by atoms with Gasteiger partial charge in [0.25, 0.3) is 0 Å². The Balaban J connectivity index is 2.53. The van der Waals surface area contributed by atoms with E-state index in [9.17, 15) is 14.3 Å². The summed E-state index contributed by atoms with van der Waals surface area (Å²) in [6.07, 6.45) is 6.12. The number of nitriles is 1. The molecule has 0 radical (unpaired) electrons. The van der Waals surface area contributed by atoms with Gasteiger partial charge in [0.1, 0.15) is 11.9 Å². The Bertz CT molecular complexity index is 1270. The van der Waals surface area contributed by atoms with Crippen LogP contribution in [0.5, 0.6) is 0 Å². The first-order valence-electron chi connectivity index (χ1n) is 12.3. The van der Waals surface area contributed by atoms with Crippen LogP contribution >= 0.6 is 12.6 Å². The molecule has 0 fully saturated rings. The summed E-state index contributed by atoms with van der Waals surface area (Å²) >= 11 is 4.49. The van der Waals surface area contributed by atoms with Gasteiger partial charge in [-0.1, -0.05) is 18.2 Å². The molecule has 0 saturated heterocycles. The minimum atomic E-state index is -1.24. The number of carbonyl (C=O) groups is 1. The number of benzene rings is 2. The molecule has 0 aliphatic rings. The van der Waals surface area contributed by atoms with Crippen LogP contribution in [0.3, 0.4) is 0 Å². The van der Waals surface area contributed by atoms with Gasteiger partial charge in [0, 0.05) is 29.6 Å². The van der Waals surface area contributed by atoms with Crippen LogP contribution in [-0.2, 0) is 4.79 Å². The normalized spacial score (nSPS) is 13.1. The molecule has 0 spiro atoms. The topological polar surface area (TPSA) is 123 Å². The van der Waals surface area contributed by atoms with Crippen molar-refractivity contribution in [1.29, 1.82) is 5.26 Å². The van der Waals surface area contributed by atoms with Crippen LogP contribution in [0.1, 0.15) is 49.8 Å². The zero-order valence-electron chi connectivity index (χ0n) is 22.1. The monoisotopic (exact) mass is 561 g/mol. The van der Waals surface area contributed by atoms with Crippen LogP contribution in [0, 0.1) is 28.8 Å². The second-order valence-corrected chi connectivity index (χ2v) is 10.0. The summed E-state index contributed by atoms with van der Waals surface area (Å²) in [6.45, 7) is 3.47. The maximum absolute atomic E-state index is 15.3. The number of hydrogen-bond acceptors (Lipinski definition) is 7. The summed E-state index contributed by atoms with van der Waals surface area (Å²) in [5, 5.41) is 27.4. The van der Waals surface area contributed by atoms with Crippen molar-refractivity contribution < 1.29 is 23.1 Å². The van der Waals surface area contributed by atoms with Crippen molar-refractivity contribution >= 4 is 40.9 Å². The molecule has 1 unspecified atom stereocenters. The molecule has 0 aliphatic heterocycles. The van der Waals surface area contributed by atoms with Crippen LogP contribution in [0.25, 0.3) is 10.5 Å². The lowest BCUT2D eigenvalue weighted by Crippen LogP contribution is -2.30. The van der Waals surface area contributed by atoms with E-state index in [2.05, 4.69) is 28.6 Å². The third kappa shape index (κ3) is 9.06. The van der Waals surface area contributed by atoms with E-state index in [4.69, 9.17) is 11.0 Å². The van der Waals surface area contributed by atoms with Crippen molar-refractivity contribution in [3.8, 4) is 6.07 Å². The molecule has 2 aromatic carbocycles. The lowest BCUT2D eigenvalue weighted by molar-refractivity contribution is -0.109. The molecule has 0 heterocycles. The van der Waals surface area contributed by atoms with Crippen LogP contribution < -0.4 is 21.7 Å². The molecule has 7 nitrogen and oxygen atoms in total. The summed E-state index contributed by atoms with van der Waals surface area (Å²) in [6, 6.07) is 6.96. The van der Waals surface area contributed by atoms with Gasteiger partial charge in [-0.2, -0.15) is 5.26 Å². The molecule has 0 aliphatic carbocycles. The van der Waals surface area contributed by atoms with Gasteiger partial charge in [0.05, 0.1) is 22.5 Å². The second-order valence-electron chi connectivity index (χ2n) is 9.59. The van der Waals surface area contributed by atoms with E-state index in [-0.39, 0.29) is 45.6 Å². The molecular weight excluding hydrogens is 527 g/mol. The van der Waals surface area contributed by atoms with Crippen molar-refractivity contribution in [1.82, 2.24) is 10.6 Å². The highest BCUT2D eigenvalue weighted by atomic mass is 32.1. The average molecular weight is 562 g/mol. The largest absolute Gasteiger partial charge is 0.397 e. The predicted octanol–water partition coefficient (Wildman–Crippen LogP) is 4.60. The molecule has 0 bridgehead atoms. The number of anilines is 2. The first-order chi connectivity index (χ1) is 18.4. The zero-order chi connectivity index (χ0) is 29.2. The Kier molecular flexibility index (Phi) is 11.9. The highest BCUT2D eigenvalue weighted by Gasteiger charge is 2.22. The van der Waals surface area contributed by atoms with Gasteiger partial charge in [0.15, 0.2) is 11.6 Å². The molecule has 6 N–H and O–H groups in total. The van der Waals surface area contributed by atoms with E-state index >= 15 is 8.78 Å². The Labute approximate surface area is 232 Å². The molecule has 2 aromatic rings. The van der Waals surface area contributed by atoms with Crippen molar-refractivity contribution in [2.45, 2.75) is 44.8 Å². The van der Waals surface area contributed by atoms with Crippen molar-refractivity contribution in [3.05, 3.63) is 70.6 Å². The van der Waals surface area contributed by atoms with Crippen molar-refractivity contribution in [3.63, 3.8) is 0 Å². The number of amides is 1. The lowest BCUT2D eigenvalue weighted by Gasteiger charge is -2.21. The van der Waals surface area contributed by atoms with E-state index in [1.54, 1.807) is 25.3 Å². The van der Waals surface area contributed by atoms with Crippen LogP contribution in [0.15, 0.2) is 36.4 Å². The number of nitrogens with zero attached hydrogens (tertiary/aromatic N) is 1. The smallest absolute Gasteiger partial charge is 0.207 e. The van der Waals surface area contributed by atoms with Gasteiger partial charge in [-0.15, -0.1) is 12.6 Å². The quantitative estimate of drug-likeness (QED) is 0.0501. The van der Waals surface area contributed by atoms with E-state index < -0.39 is 23.1 Å². The summed E-state index contributed by atoms with van der Waals surface area (Å²) < 4.78 is 44.9. The molecule has 1 amide bonds. The number of hydrogen-bond donors (Lipinski definition) is 6. The molecule has 1 atom stereocenters. The first-order valence-corrected chi connectivity index (χ1v) is 12.8. The third-order valence-electron chi connectivity index (χ3n) is 5.92. The van der Waals surface area contributed by atoms with E-state index in [1.165, 1.54) is 32.0 Å². The highest BCUT2D eigenvalue weighted by molar-refractivity contribution is 7.90. The number of rotatable bonds is 14. The second kappa shape index (κ2) is 14.6. The SMILES string of the molecule is CNC(C/C=C/C(=C(\S)c1cc(N)c(NCC(C)(C)O)c(F)c1F)c1ccc(C#N)c(F)c1)CCCNC=O. The number of nitrogen functional groups attached to an aromatic ring is 1. The van der Waals surface area contributed by atoms with Gasteiger partial charge in [-0.05, 0) is 69.5 Å². The van der Waals surface area contributed by atoms with E-state index in [0.717, 1.165) is 18.9 Å². The fourth-order valence-corrected chi connectivity index (χ4v) is 4.14. The minimum absolute atomic E-state index is 0.00341. The predicted molar refractivity (Wildman–Crippen MR) is 152 cm³/mol. The third-order valence-corrected chi connectivity index (χ3v) is 6.40. The molecule has 0 saturated carbocycles.